The second kappa shape index (κ2) is 6.88. The van der Waals surface area contributed by atoms with Crippen LogP contribution in [0.5, 0.6) is 0 Å². The standard InChI is InChI=1S/C12H20N4.C2HF3O2/c1-15-5-4-14-12(15)8-16-10-2-3-11(16)7-9(13)6-10;3-2(4,5)1(6)7/h4-5,9-11H,2-3,6-8,13H2,1H3;(H,6,7)/t9?,10-,11+;. The predicted octanol–water partition coefficient (Wildman–Crippen LogP) is 1.51. The smallest absolute Gasteiger partial charge is 0.475 e. The van der Waals surface area contributed by atoms with E-state index in [2.05, 4.69) is 21.5 Å². The molecule has 0 aliphatic carbocycles. The third-order valence-electron chi connectivity index (χ3n) is 4.41. The molecule has 1 aromatic heterocycles. The van der Waals surface area contributed by atoms with Gasteiger partial charge >= 0.3 is 12.1 Å². The summed E-state index contributed by atoms with van der Waals surface area (Å²) in [6.45, 7) is 0.992. The van der Waals surface area contributed by atoms with Gasteiger partial charge in [-0.05, 0) is 25.7 Å². The van der Waals surface area contributed by atoms with Gasteiger partial charge in [0.15, 0.2) is 0 Å². The minimum atomic E-state index is -5.08. The summed E-state index contributed by atoms with van der Waals surface area (Å²) in [4.78, 5) is 15.9. The number of carbonyl (C=O) groups is 1. The molecule has 2 saturated heterocycles. The second-order valence-electron chi connectivity index (χ2n) is 6.05. The van der Waals surface area contributed by atoms with Crippen LogP contribution in [0.4, 0.5) is 13.2 Å². The molecule has 1 unspecified atom stereocenters. The average Bonchev–Trinajstić information content (AvgIpc) is 2.93. The highest BCUT2D eigenvalue weighted by atomic mass is 19.4. The molecule has 3 N–H and O–H groups in total. The zero-order chi connectivity index (χ0) is 17.2. The van der Waals surface area contributed by atoms with Gasteiger partial charge in [-0.25, -0.2) is 9.78 Å². The first-order valence-corrected chi connectivity index (χ1v) is 7.46. The van der Waals surface area contributed by atoms with Crippen LogP contribution in [-0.2, 0) is 18.4 Å². The van der Waals surface area contributed by atoms with Gasteiger partial charge < -0.3 is 15.4 Å². The molecule has 3 rings (SSSR count). The van der Waals surface area contributed by atoms with Crippen molar-refractivity contribution in [2.45, 2.75) is 56.5 Å². The van der Waals surface area contributed by atoms with Crippen molar-refractivity contribution in [2.75, 3.05) is 0 Å². The number of aryl methyl sites for hydroxylation is 1. The molecule has 2 bridgehead atoms. The fourth-order valence-corrected chi connectivity index (χ4v) is 3.29. The van der Waals surface area contributed by atoms with Gasteiger partial charge in [0.25, 0.3) is 0 Å². The SMILES string of the molecule is Cn1ccnc1CN1[C@@H]2CC[C@H]1CC(N)C2.O=C(O)C(F)(F)F. The van der Waals surface area contributed by atoms with Crippen molar-refractivity contribution in [3.63, 3.8) is 0 Å². The van der Waals surface area contributed by atoms with Crippen LogP contribution in [0.2, 0.25) is 0 Å². The van der Waals surface area contributed by atoms with Crippen molar-refractivity contribution in [2.24, 2.45) is 12.8 Å². The number of aromatic nitrogens is 2. The predicted molar refractivity (Wildman–Crippen MR) is 76.5 cm³/mol. The average molecular weight is 334 g/mol. The largest absolute Gasteiger partial charge is 0.490 e. The maximum Gasteiger partial charge on any atom is 0.490 e. The van der Waals surface area contributed by atoms with E-state index in [4.69, 9.17) is 15.6 Å². The monoisotopic (exact) mass is 334 g/mol. The number of halogens is 3. The molecule has 1 aromatic rings. The molecule has 3 heterocycles. The minimum Gasteiger partial charge on any atom is -0.475 e. The van der Waals surface area contributed by atoms with Crippen LogP contribution >= 0.6 is 0 Å². The van der Waals surface area contributed by atoms with Gasteiger partial charge in [-0.1, -0.05) is 0 Å². The number of nitrogens with zero attached hydrogens (tertiary/aromatic N) is 3. The topological polar surface area (TPSA) is 84.4 Å². The van der Waals surface area contributed by atoms with Gasteiger partial charge in [0.1, 0.15) is 5.82 Å². The van der Waals surface area contributed by atoms with Crippen LogP contribution in [-0.4, -0.2) is 49.8 Å². The summed E-state index contributed by atoms with van der Waals surface area (Å²) >= 11 is 0. The van der Waals surface area contributed by atoms with Gasteiger partial charge in [0, 0.05) is 37.6 Å². The molecule has 0 spiro atoms. The van der Waals surface area contributed by atoms with Crippen LogP contribution in [0.25, 0.3) is 0 Å². The number of fused-ring (bicyclic) bond motifs is 2. The third kappa shape index (κ3) is 4.44. The lowest BCUT2D eigenvalue weighted by Gasteiger charge is -2.37. The highest BCUT2D eigenvalue weighted by Crippen LogP contribution is 2.35. The lowest BCUT2D eigenvalue weighted by atomic mass is 9.98. The summed E-state index contributed by atoms with van der Waals surface area (Å²) in [5.41, 5.74) is 6.07. The summed E-state index contributed by atoms with van der Waals surface area (Å²) in [5, 5.41) is 7.12. The molecular formula is C14H21F3N4O2. The van der Waals surface area contributed by atoms with E-state index in [9.17, 15) is 13.2 Å². The molecule has 6 nitrogen and oxygen atoms in total. The lowest BCUT2D eigenvalue weighted by Crippen LogP contribution is -2.47. The Morgan fingerprint density at radius 2 is 1.91 bits per heavy atom. The molecule has 2 fully saturated rings. The summed E-state index contributed by atoms with van der Waals surface area (Å²) in [6.07, 6.45) is 3.80. The maximum absolute atomic E-state index is 10.6. The summed E-state index contributed by atoms with van der Waals surface area (Å²) < 4.78 is 33.9. The molecule has 2 aliphatic heterocycles. The first kappa shape index (κ1) is 17.7. The Balaban J connectivity index is 0.000000236. The second-order valence-corrected chi connectivity index (χ2v) is 6.05. The van der Waals surface area contributed by atoms with E-state index in [0.717, 1.165) is 6.54 Å². The van der Waals surface area contributed by atoms with Gasteiger partial charge in [-0.3, -0.25) is 4.90 Å². The van der Waals surface area contributed by atoms with Gasteiger partial charge in [0.2, 0.25) is 0 Å². The van der Waals surface area contributed by atoms with Crippen molar-refractivity contribution in [1.29, 1.82) is 0 Å². The van der Waals surface area contributed by atoms with E-state index < -0.39 is 12.1 Å². The molecule has 0 aromatic carbocycles. The zero-order valence-corrected chi connectivity index (χ0v) is 12.8. The van der Waals surface area contributed by atoms with Crippen molar-refractivity contribution in [1.82, 2.24) is 14.5 Å². The quantitative estimate of drug-likeness (QED) is 0.856. The first-order valence-electron chi connectivity index (χ1n) is 7.46. The molecule has 130 valence electrons. The number of imidazole rings is 1. The number of carboxylic acid groups (broad SMARTS) is 1. The Bertz CT molecular complexity index is 532. The van der Waals surface area contributed by atoms with E-state index in [1.165, 1.54) is 31.5 Å². The summed E-state index contributed by atoms with van der Waals surface area (Å²) in [7, 11) is 2.07. The molecule has 23 heavy (non-hydrogen) atoms. The Morgan fingerprint density at radius 3 is 2.30 bits per heavy atom. The first-order chi connectivity index (χ1) is 10.7. The van der Waals surface area contributed by atoms with Crippen molar-refractivity contribution in [3.8, 4) is 0 Å². The molecular weight excluding hydrogens is 313 g/mol. The summed E-state index contributed by atoms with van der Waals surface area (Å²) in [6, 6.07) is 1.83. The Morgan fingerprint density at radius 1 is 1.39 bits per heavy atom. The third-order valence-corrected chi connectivity index (χ3v) is 4.41. The van der Waals surface area contributed by atoms with Crippen molar-refractivity contribution in [3.05, 3.63) is 18.2 Å². The number of carboxylic acids is 1. The fraction of sp³-hybridized carbons (Fsp3) is 0.714. The van der Waals surface area contributed by atoms with Gasteiger partial charge in [-0.15, -0.1) is 0 Å². The molecule has 0 amide bonds. The number of hydrogen-bond donors (Lipinski definition) is 2. The van der Waals surface area contributed by atoms with Crippen LogP contribution in [0.3, 0.4) is 0 Å². The maximum atomic E-state index is 10.6. The highest BCUT2D eigenvalue weighted by molar-refractivity contribution is 5.73. The minimum absolute atomic E-state index is 0.426. The number of hydrogen-bond acceptors (Lipinski definition) is 4. The van der Waals surface area contributed by atoms with Crippen LogP contribution < -0.4 is 5.73 Å². The van der Waals surface area contributed by atoms with Crippen molar-refractivity contribution < 1.29 is 23.1 Å². The fourth-order valence-electron chi connectivity index (χ4n) is 3.29. The molecule has 2 aliphatic rings. The number of aliphatic carboxylic acids is 1. The van der Waals surface area contributed by atoms with Crippen LogP contribution in [0.1, 0.15) is 31.5 Å². The molecule has 3 atom stereocenters. The number of rotatable bonds is 2. The zero-order valence-electron chi connectivity index (χ0n) is 12.8. The van der Waals surface area contributed by atoms with Crippen LogP contribution in [0.15, 0.2) is 12.4 Å². The van der Waals surface area contributed by atoms with E-state index in [1.807, 2.05) is 12.4 Å². The Labute approximate surface area is 132 Å². The van der Waals surface area contributed by atoms with Crippen molar-refractivity contribution >= 4 is 5.97 Å². The van der Waals surface area contributed by atoms with Gasteiger partial charge in [0.05, 0.1) is 6.54 Å². The highest BCUT2D eigenvalue weighted by Gasteiger charge is 2.40. The Hall–Kier alpha value is -1.61. The van der Waals surface area contributed by atoms with E-state index in [0.29, 0.717) is 18.1 Å². The normalized spacial score (nSPS) is 27.4. The number of alkyl halides is 3. The molecule has 9 heteroatoms. The molecule has 0 radical (unpaired) electrons. The Kier molecular flexibility index (Phi) is 5.30. The van der Waals surface area contributed by atoms with E-state index >= 15 is 0 Å². The number of piperidine rings is 1. The van der Waals surface area contributed by atoms with E-state index in [-0.39, 0.29) is 0 Å². The van der Waals surface area contributed by atoms with E-state index in [1.54, 1.807) is 0 Å². The molecule has 0 saturated carbocycles. The number of nitrogens with two attached hydrogens (primary N) is 1. The van der Waals surface area contributed by atoms with Crippen LogP contribution in [0, 0.1) is 0 Å². The summed E-state index contributed by atoms with van der Waals surface area (Å²) in [5.74, 6) is -1.58. The lowest BCUT2D eigenvalue weighted by molar-refractivity contribution is -0.192. The van der Waals surface area contributed by atoms with Gasteiger partial charge in [-0.2, -0.15) is 13.2 Å².